The largest absolute Gasteiger partial charge is 0.354 e. The van der Waals surface area contributed by atoms with Gasteiger partial charge in [-0.25, -0.2) is 0 Å². The molecule has 60 valence electrons. The first-order valence-electron chi connectivity index (χ1n) is 3.14. The number of nitrogens with one attached hydrogen (secondary N) is 1. The highest BCUT2D eigenvalue weighted by Gasteiger charge is 2.36. The molecule has 0 heterocycles. The van der Waals surface area contributed by atoms with Gasteiger partial charge in [0.25, 0.3) is 5.91 Å². The van der Waals surface area contributed by atoms with Crippen LogP contribution in [-0.4, -0.2) is 18.9 Å². The lowest BCUT2D eigenvalue weighted by molar-refractivity contribution is -0.145. The molecule has 0 rings (SSSR count). The van der Waals surface area contributed by atoms with E-state index in [1.54, 1.807) is 6.92 Å². The lowest BCUT2D eigenvalue weighted by Crippen LogP contribution is -2.37. The van der Waals surface area contributed by atoms with Crippen molar-refractivity contribution in [1.82, 2.24) is 5.32 Å². The Morgan fingerprint density at radius 2 is 2.10 bits per heavy atom. The minimum absolute atomic E-state index is 0.306. The second-order valence-corrected chi connectivity index (χ2v) is 2.03. The zero-order chi connectivity index (χ0) is 8.20. The number of hydrogen-bond acceptors (Lipinski definition) is 1. The van der Waals surface area contributed by atoms with Crippen molar-refractivity contribution in [1.29, 1.82) is 0 Å². The molecule has 0 aromatic heterocycles. The standard InChI is InChI=1S/C6H11F2NO/c1-3-4-6(7,8)5(10)9-2/h3-4H2,1-2H3,(H,9,10). The lowest BCUT2D eigenvalue weighted by atomic mass is 10.2. The summed E-state index contributed by atoms with van der Waals surface area (Å²) >= 11 is 0. The van der Waals surface area contributed by atoms with Crippen LogP contribution in [0.5, 0.6) is 0 Å². The molecular weight excluding hydrogens is 140 g/mol. The summed E-state index contributed by atoms with van der Waals surface area (Å²) in [5.74, 6) is -4.39. The van der Waals surface area contributed by atoms with E-state index in [0.717, 1.165) is 0 Å². The Hall–Kier alpha value is -0.670. The molecule has 0 aromatic rings. The quantitative estimate of drug-likeness (QED) is 0.644. The van der Waals surface area contributed by atoms with Gasteiger partial charge in [-0.15, -0.1) is 0 Å². The van der Waals surface area contributed by atoms with Crippen molar-refractivity contribution >= 4 is 5.91 Å². The van der Waals surface area contributed by atoms with E-state index in [0.29, 0.717) is 6.42 Å². The third-order valence-electron chi connectivity index (χ3n) is 1.12. The van der Waals surface area contributed by atoms with Crippen LogP contribution >= 0.6 is 0 Å². The summed E-state index contributed by atoms with van der Waals surface area (Å²) in [6.45, 7) is 1.61. The molecule has 0 spiro atoms. The molecule has 10 heavy (non-hydrogen) atoms. The Morgan fingerprint density at radius 3 is 2.40 bits per heavy atom. The number of halogens is 2. The van der Waals surface area contributed by atoms with E-state index in [1.807, 2.05) is 5.32 Å². The molecule has 0 atom stereocenters. The fourth-order valence-corrected chi connectivity index (χ4v) is 0.610. The van der Waals surface area contributed by atoms with Gasteiger partial charge in [0.1, 0.15) is 0 Å². The van der Waals surface area contributed by atoms with Crippen molar-refractivity contribution in [3.8, 4) is 0 Å². The summed E-state index contributed by atoms with van der Waals surface area (Å²) in [7, 11) is 1.20. The van der Waals surface area contributed by atoms with Crippen LogP contribution in [0.2, 0.25) is 0 Å². The van der Waals surface area contributed by atoms with Gasteiger partial charge in [0.2, 0.25) is 0 Å². The predicted molar refractivity (Wildman–Crippen MR) is 33.9 cm³/mol. The molecule has 4 heteroatoms. The van der Waals surface area contributed by atoms with Gasteiger partial charge in [-0.05, 0) is 6.42 Å². The van der Waals surface area contributed by atoms with Crippen molar-refractivity contribution < 1.29 is 13.6 Å². The topological polar surface area (TPSA) is 29.1 Å². The minimum atomic E-state index is -3.19. The van der Waals surface area contributed by atoms with E-state index < -0.39 is 11.8 Å². The van der Waals surface area contributed by atoms with Gasteiger partial charge in [-0.1, -0.05) is 6.92 Å². The van der Waals surface area contributed by atoms with Crippen molar-refractivity contribution in [3.05, 3.63) is 0 Å². The fourth-order valence-electron chi connectivity index (χ4n) is 0.610. The Morgan fingerprint density at radius 1 is 1.60 bits per heavy atom. The van der Waals surface area contributed by atoms with Crippen LogP contribution in [0.1, 0.15) is 19.8 Å². The zero-order valence-electron chi connectivity index (χ0n) is 6.08. The summed E-state index contributed by atoms with van der Waals surface area (Å²) in [4.78, 5) is 10.4. The minimum Gasteiger partial charge on any atom is -0.354 e. The summed E-state index contributed by atoms with van der Waals surface area (Å²) in [6, 6.07) is 0. The number of carbonyl (C=O) groups is 1. The number of alkyl halides is 2. The monoisotopic (exact) mass is 151 g/mol. The molecule has 1 N–H and O–H groups in total. The molecule has 0 aromatic carbocycles. The second kappa shape index (κ2) is 3.49. The van der Waals surface area contributed by atoms with Crippen LogP contribution < -0.4 is 5.32 Å². The van der Waals surface area contributed by atoms with Crippen LogP contribution in [0.4, 0.5) is 8.78 Å². The van der Waals surface area contributed by atoms with Gasteiger partial charge in [0, 0.05) is 13.5 Å². The molecule has 0 unspecified atom stereocenters. The average molecular weight is 151 g/mol. The maximum Gasteiger partial charge on any atom is 0.324 e. The van der Waals surface area contributed by atoms with Crippen LogP contribution in [0.3, 0.4) is 0 Å². The highest BCUT2D eigenvalue weighted by atomic mass is 19.3. The first kappa shape index (κ1) is 9.33. The molecule has 0 radical (unpaired) electrons. The predicted octanol–water partition coefficient (Wildman–Crippen LogP) is 1.17. The van der Waals surface area contributed by atoms with Crippen LogP contribution in [0.25, 0.3) is 0 Å². The molecule has 1 amide bonds. The summed E-state index contributed by atoms with van der Waals surface area (Å²) in [6.07, 6.45) is -0.0763. The fraction of sp³-hybridized carbons (Fsp3) is 0.833. The Balaban J connectivity index is 3.96. The number of hydrogen-bond donors (Lipinski definition) is 1. The van der Waals surface area contributed by atoms with E-state index in [4.69, 9.17) is 0 Å². The molecular formula is C6H11F2NO. The highest BCUT2D eigenvalue weighted by molar-refractivity contribution is 5.82. The SMILES string of the molecule is CCCC(F)(F)C(=O)NC. The van der Waals surface area contributed by atoms with Crippen molar-refractivity contribution in [2.75, 3.05) is 7.05 Å². The van der Waals surface area contributed by atoms with E-state index in [9.17, 15) is 13.6 Å². The third kappa shape index (κ3) is 2.29. The normalized spacial score (nSPS) is 11.2. The van der Waals surface area contributed by atoms with Crippen LogP contribution in [0, 0.1) is 0 Å². The van der Waals surface area contributed by atoms with E-state index in [-0.39, 0.29) is 6.42 Å². The molecule has 0 aliphatic carbocycles. The molecule has 0 fully saturated rings. The summed E-state index contributed by atoms with van der Waals surface area (Å²) < 4.78 is 24.8. The molecule has 0 saturated carbocycles. The van der Waals surface area contributed by atoms with E-state index >= 15 is 0 Å². The number of amides is 1. The Kier molecular flexibility index (Phi) is 3.25. The Labute approximate surface area is 58.6 Å². The maximum atomic E-state index is 12.4. The van der Waals surface area contributed by atoms with Gasteiger partial charge >= 0.3 is 5.92 Å². The molecule has 2 nitrogen and oxygen atoms in total. The Bertz CT molecular complexity index is 125. The smallest absolute Gasteiger partial charge is 0.324 e. The van der Waals surface area contributed by atoms with Crippen LogP contribution in [0.15, 0.2) is 0 Å². The van der Waals surface area contributed by atoms with Gasteiger partial charge < -0.3 is 5.32 Å². The number of rotatable bonds is 3. The van der Waals surface area contributed by atoms with Gasteiger partial charge in [0.05, 0.1) is 0 Å². The van der Waals surface area contributed by atoms with Crippen molar-refractivity contribution in [2.24, 2.45) is 0 Å². The summed E-state index contributed by atoms with van der Waals surface area (Å²) in [5.41, 5.74) is 0. The molecule has 0 saturated heterocycles. The second-order valence-electron chi connectivity index (χ2n) is 2.03. The lowest BCUT2D eigenvalue weighted by Gasteiger charge is -2.12. The molecule has 0 bridgehead atoms. The van der Waals surface area contributed by atoms with E-state index in [2.05, 4.69) is 0 Å². The molecule has 0 aliphatic rings. The molecule has 0 aliphatic heterocycles. The third-order valence-corrected chi connectivity index (χ3v) is 1.12. The van der Waals surface area contributed by atoms with Crippen LogP contribution in [-0.2, 0) is 4.79 Å². The zero-order valence-corrected chi connectivity index (χ0v) is 6.08. The van der Waals surface area contributed by atoms with Crippen molar-refractivity contribution in [3.63, 3.8) is 0 Å². The first-order valence-corrected chi connectivity index (χ1v) is 3.14. The van der Waals surface area contributed by atoms with Gasteiger partial charge in [0.15, 0.2) is 0 Å². The van der Waals surface area contributed by atoms with Crippen molar-refractivity contribution in [2.45, 2.75) is 25.7 Å². The van der Waals surface area contributed by atoms with Gasteiger partial charge in [-0.3, -0.25) is 4.79 Å². The summed E-state index contributed by atoms with van der Waals surface area (Å²) in [5, 5.41) is 1.90. The average Bonchev–Trinajstić information content (AvgIpc) is 1.86. The maximum absolute atomic E-state index is 12.4. The highest BCUT2D eigenvalue weighted by Crippen LogP contribution is 2.19. The first-order chi connectivity index (χ1) is 4.54. The van der Waals surface area contributed by atoms with Gasteiger partial charge in [-0.2, -0.15) is 8.78 Å². The van der Waals surface area contributed by atoms with E-state index in [1.165, 1.54) is 7.05 Å². The number of carbonyl (C=O) groups excluding carboxylic acids is 1.